The summed E-state index contributed by atoms with van der Waals surface area (Å²) in [6.45, 7) is 5.38. The van der Waals surface area contributed by atoms with Gasteiger partial charge in [-0.05, 0) is 38.5 Å². The van der Waals surface area contributed by atoms with Crippen molar-refractivity contribution >= 4 is 5.97 Å². The molecule has 0 fully saturated rings. The number of allylic oxidation sites excluding steroid dienone is 2. The van der Waals surface area contributed by atoms with E-state index in [1.165, 1.54) is 218 Å². The van der Waals surface area contributed by atoms with Crippen molar-refractivity contribution in [2.75, 3.05) is 19.8 Å². The number of carbonyl (C=O) groups is 1. The minimum Gasteiger partial charge on any atom is -0.457 e. The maximum atomic E-state index is 12.2. The number of hydrogen-bond acceptors (Lipinski definition) is 4. The van der Waals surface area contributed by atoms with Crippen LogP contribution in [0.15, 0.2) is 12.2 Å². The third-order valence-corrected chi connectivity index (χ3v) is 10.6. The second-order valence-electron chi connectivity index (χ2n) is 15.8. The second kappa shape index (κ2) is 45.3. The summed E-state index contributed by atoms with van der Waals surface area (Å²) in [5.74, 6) is -0.196. The maximum Gasteiger partial charge on any atom is 0.306 e. The lowest BCUT2D eigenvalue weighted by molar-refractivity contribution is -0.154. The number of unbranched alkanes of at least 4 members (excludes halogenated alkanes) is 34. The molecule has 1 N–H and O–H groups in total. The monoisotopic (exact) mass is 721 g/mol. The summed E-state index contributed by atoms with van der Waals surface area (Å²) in [6.07, 6.45) is 54.3. The van der Waals surface area contributed by atoms with Crippen LogP contribution in [0.2, 0.25) is 0 Å². The van der Waals surface area contributed by atoms with Crippen molar-refractivity contribution in [3.05, 3.63) is 12.2 Å². The van der Waals surface area contributed by atoms with E-state index in [9.17, 15) is 9.90 Å². The zero-order chi connectivity index (χ0) is 37.0. The number of aliphatic hydroxyl groups excluding tert-OH is 1. The molecule has 0 aliphatic carbocycles. The lowest BCUT2D eigenvalue weighted by Gasteiger charge is -2.15. The molecule has 0 saturated heterocycles. The van der Waals surface area contributed by atoms with Crippen LogP contribution in [0.5, 0.6) is 0 Å². The van der Waals surface area contributed by atoms with Crippen molar-refractivity contribution in [2.45, 2.75) is 264 Å². The Labute approximate surface area is 320 Å². The van der Waals surface area contributed by atoms with Crippen molar-refractivity contribution in [2.24, 2.45) is 0 Å². The summed E-state index contributed by atoms with van der Waals surface area (Å²) in [4.78, 5) is 12.2. The van der Waals surface area contributed by atoms with Crippen LogP contribution in [0, 0.1) is 0 Å². The molecule has 0 bridgehead atoms. The van der Waals surface area contributed by atoms with Gasteiger partial charge in [-0.1, -0.05) is 225 Å². The fraction of sp³-hybridized carbons (Fsp3) is 0.936. The number of hydrogen-bond donors (Lipinski definition) is 1. The Morgan fingerprint density at radius 2 is 0.765 bits per heavy atom. The SMILES string of the molecule is CCCCCCCC/C=C\CCCCCCCCOCC(CO)OC(=O)CCCCCCCCCCCCCCCCCCCCCCCCC. The number of ether oxygens (including phenoxy) is 2. The molecule has 0 heterocycles. The first-order valence-corrected chi connectivity index (χ1v) is 23.3. The van der Waals surface area contributed by atoms with Crippen LogP contribution in [0.25, 0.3) is 0 Å². The Morgan fingerprint density at radius 1 is 0.451 bits per heavy atom. The van der Waals surface area contributed by atoms with E-state index in [0.29, 0.717) is 19.6 Å². The van der Waals surface area contributed by atoms with Gasteiger partial charge in [0.1, 0.15) is 6.10 Å². The number of rotatable bonds is 44. The average Bonchev–Trinajstić information content (AvgIpc) is 3.14. The first-order chi connectivity index (χ1) is 25.2. The molecule has 0 radical (unpaired) electrons. The minimum atomic E-state index is -0.531. The summed E-state index contributed by atoms with van der Waals surface area (Å²) in [5.41, 5.74) is 0. The van der Waals surface area contributed by atoms with Crippen LogP contribution >= 0.6 is 0 Å². The molecule has 0 aliphatic heterocycles. The molecule has 0 amide bonds. The van der Waals surface area contributed by atoms with Gasteiger partial charge >= 0.3 is 5.97 Å². The molecule has 1 unspecified atom stereocenters. The van der Waals surface area contributed by atoms with Crippen molar-refractivity contribution in [1.29, 1.82) is 0 Å². The van der Waals surface area contributed by atoms with E-state index in [1.807, 2.05) is 0 Å². The lowest BCUT2D eigenvalue weighted by atomic mass is 10.0. The zero-order valence-corrected chi connectivity index (χ0v) is 34.9. The molecule has 0 aromatic heterocycles. The standard InChI is InChI=1S/C47H92O4/c1-3-5-7-9-11-13-15-17-19-21-22-23-24-25-26-27-28-30-32-34-36-38-40-42-47(49)51-46(44-48)45-50-43-41-39-37-35-33-31-29-20-18-16-14-12-10-8-6-4-2/h18,20,46,48H,3-17,19,21-45H2,1-2H3/b20-18-. The van der Waals surface area contributed by atoms with Gasteiger partial charge in [0.2, 0.25) is 0 Å². The first-order valence-electron chi connectivity index (χ1n) is 23.3. The minimum absolute atomic E-state index is 0.168. The van der Waals surface area contributed by atoms with Gasteiger partial charge in [0.15, 0.2) is 0 Å². The molecule has 51 heavy (non-hydrogen) atoms. The average molecular weight is 721 g/mol. The topological polar surface area (TPSA) is 55.8 Å². The first kappa shape index (κ1) is 50.1. The van der Waals surface area contributed by atoms with Gasteiger partial charge in [0.05, 0.1) is 13.2 Å². The Bertz CT molecular complexity index is 677. The molecule has 4 heteroatoms. The highest BCUT2D eigenvalue weighted by Gasteiger charge is 2.13. The van der Waals surface area contributed by atoms with Gasteiger partial charge in [-0.2, -0.15) is 0 Å². The molecule has 304 valence electrons. The Balaban J connectivity index is 3.36. The van der Waals surface area contributed by atoms with Gasteiger partial charge in [-0.3, -0.25) is 4.79 Å². The Hall–Kier alpha value is -0.870. The highest BCUT2D eigenvalue weighted by molar-refractivity contribution is 5.69. The predicted octanol–water partition coefficient (Wildman–Crippen LogP) is 15.3. The second-order valence-corrected chi connectivity index (χ2v) is 15.8. The van der Waals surface area contributed by atoms with E-state index in [1.54, 1.807) is 0 Å². The third kappa shape index (κ3) is 43.4. The number of aliphatic hydroxyl groups is 1. The molecule has 0 aliphatic rings. The van der Waals surface area contributed by atoms with E-state index in [-0.39, 0.29) is 12.6 Å². The molecular formula is C47H92O4. The van der Waals surface area contributed by atoms with Crippen molar-refractivity contribution in [3.8, 4) is 0 Å². The Morgan fingerprint density at radius 3 is 1.12 bits per heavy atom. The summed E-state index contributed by atoms with van der Waals surface area (Å²) in [6, 6.07) is 0. The fourth-order valence-electron chi connectivity index (χ4n) is 7.09. The van der Waals surface area contributed by atoms with Crippen LogP contribution < -0.4 is 0 Å². The fourth-order valence-corrected chi connectivity index (χ4v) is 7.09. The van der Waals surface area contributed by atoms with Crippen molar-refractivity contribution in [1.82, 2.24) is 0 Å². The van der Waals surface area contributed by atoms with Crippen LogP contribution in [-0.4, -0.2) is 37.0 Å². The van der Waals surface area contributed by atoms with E-state index in [0.717, 1.165) is 19.3 Å². The van der Waals surface area contributed by atoms with Crippen LogP contribution in [0.4, 0.5) is 0 Å². The quantitative estimate of drug-likeness (QED) is 0.0387. The molecule has 4 nitrogen and oxygen atoms in total. The van der Waals surface area contributed by atoms with Gasteiger partial charge in [0.25, 0.3) is 0 Å². The van der Waals surface area contributed by atoms with Crippen LogP contribution in [-0.2, 0) is 14.3 Å². The van der Waals surface area contributed by atoms with E-state index in [2.05, 4.69) is 26.0 Å². The van der Waals surface area contributed by atoms with Crippen LogP contribution in [0.3, 0.4) is 0 Å². The molecular weight excluding hydrogens is 629 g/mol. The normalized spacial score (nSPS) is 12.3. The smallest absolute Gasteiger partial charge is 0.306 e. The molecule has 1 atom stereocenters. The van der Waals surface area contributed by atoms with Gasteiger partial charge < -0.3 is 14.6 Å². The lowest BCUT2D eigenvalue weighted by Crippen LogP contribution is -2.27. The highest BCUT2D eigenvalue weighted by Crippen LogP contribution is 2.16. The Kier molecular flexibility index (Phi) is 44.5. The molecule has 0 saturated carbocycles. The van der Waals surface area contributed by atoms with Crippen LogP contribution in [0.1, 0.15) is 258 Å². The van der Waals surface area contributed by atoms with Gasteiger partial charge in [-0.25, -0.2) is 0 Å². The van der Waals surface area contributed by atoms with Crippen molar-refractivity contribution in [3.63, 3.8) is 0 Å². The molecule has 0 spiro atoms. The van der Waals surface area contributed by atoms with Crippen molar-refractivity contribution < 1.29 is 19.4 Å². The van der Waals surface area contributed by atoms with E-state index in [4.69, 9.17) is 9.47 Å². The molecule has 0 aromatic carbocycles. The van der Waals surface area contributed by atoms with Gasteiger partial charge in [0, 0.05) is 13.0 Å². The van der Waals surface area contributed by atoms with E-state index < -0.39 is 6.10 Å². The third-order valence-electron chi connectivity index (χ3n) is 10.6. The van der Waals surface area contributed by atoms with E-state index >= 15 is 0 Å². The highest BCUT2D eigenvalue weighted by atomic mass is 16.6. The molecule has 0 aromatic rings. The number of esters is 1. The number of carbonyl (C=O) groups excluding carboxylic acids is 1. The summed E-state index contributed by atoms with van der Waals surface area (Å²) >= 11 is 0. The zero-order valence-electron chi connectivity index (χ0n) is 34.9. The maximum absolute atomic E-state index is 12.2. The summed E-state index contributed by atoms with van der Waals surface area (Å²) in [5, 5.41) is 9.61. The summed E-state index contributed by atoms with van der Waals surface area (Å²) in [7, 11) is 0. The predicted molar refractivity (Wildman–Crippen MR) is 224 cm³/mol. The molecule has 0 rings (SSSR count). The summed E-state index contributed by atoms with van der Waals surface area (Å²) < 4.78 is 11.2. The van der Waals surface area contributed by atoms with Gasteiger partial charge in [-0.15, -0.1) is 0 Å². The largest absolute Gasteiger partial charge is 0.457 e.